The molecule has 0 radical (unpaired) electrons. The molecular formula is C14H22N2O2. The molecule has 18 heavy (non-hydrogen) atoms. The predicted molar refractivity (Wildman–Crippen MR) is 72.3 cm³/mol. The zero-order valence-corrected chi connectivity index (χ0v) is 11.1. The van der Waals surface area contributed by atoms with Gasteiger partial charge in [-0.3, -0.25) is 4.79 Å². The Kier molecular flexibility index (Phi) is 6.22. The Labute approximate surface area is 109 Å². The van der Waals surface area contributed by atoms with Gasteiger partial charge in [-0.1, -0.05) is 32.0 Å². The van der Waals surface area contributed by atoms with Crippen LogP contribution in [0.2, 0.25) is 0 Å². The van der Waals surface area contributed by atoms with Crippen molar-refractivity contribution in [3.8, 4) is 5.75 Å². The third-order valence-corrected chi connectivity index (χ3v) is 2.39. The van der Waals surface area contributed by atoms with E-state index in [1.165, 1.54) is 0 Å². The van der Waals surface area contributed by atoms with Gasteiger partial charge in [0.1, 0.15) is 5.75 Å². The number of rotatable bonds is 7. The Morgan fingerprint density at radius 2 is 2.11 bits per heavy atom. The van der Waals surface area contributed by atoms with Crippen molar-refractivity contribution >= 4 is 5.91 Å². The van der Waals surface area contributed by atoms with Gasteiger partial charge in [0.15, 0.2) is 0 Å². The third kappa shape index (κ3) is 5.19. The maximum Gasteiger partial charge on any atom is 0.221 e. The van der Waals surface area contributed by atoms with Gasteiger partial charge in [0.25, 0.3) is 0 Å². The molecule has 1 aromatic carbocycles. The normalized spacial score (nSPS) is 10.4. The number of amides is 1. The van der Waals surface area contributed by atoms with Gasteiger partial charge in [-0.15, -0.1) is 0 Å². The van der Waals surface area contributed by atoms with Crippen LogP contribution in [-0.4, -0.2) is 19.1 Å². The largest absolute Gasteiger partial charge is 0.493 e. The second kappa shape index (κ2) is 7.71. The van der Waals surface area contributed by atoms with E-state index in [4.69, 9.17) is 10.5 Å². The minimum absolute atomic E-state index is 0.0313. The molecular weight excluding hydrogens is 228 g/mol. The standard InChI is InChI=1S/C14H22N2O2/c1-11(2)10-18-13-6-4-3-5-12(13)9-16-14(17)7-8-15/h3-6,11H,7-10,15H2,1-2H3,(H,16,17). The maximum absolute atomic E-state index is 11.4. The number of hydrogen-bond donors (Lipinski definition) is 2. The molecule has 100 valence electrons. The number of nitrogens with one attached hydrogen (secondary N) is 1. The molecule has 1 rings (SSSR count). The van der Waals surface area contributed by atoms with Crippen LogP contribution in [0.4, 0.5) is 0 Å². The highest BCUT2D eigenvalue weighted by Crippen LogP contribution is 2.18. The van der Waals surface area contributed by atoms with Crippen molar-refractivity contribution in [2.45, 2.75) is 26.8 Å². The first-order valence-electron chi connectivity index (χ1n) is 6.31. The van der Waals surface area contributed by atoms with Gasteiger partial charge < -0.3 is 15.8 Å². The number of benzene rings is 1. The van der Waals surface area contributed by atoms with E-state index in [2.05, 4.69) is 19.2 Å². The Hall–Kier alpha value is -1.55. The zero-order chi connectivity index (χ0) is 13.4. The summed E-state index contributed by atoms with van der Waals surface area (Å²) in [5, 5.41) is 2.83. The molecule has 0 bridgehead atoms. The quantitative estimate of drug-likeness (QED) is 0.774. The van der Waals surface area contributed by atoms with Crippen molar-refractivity contribution in [1.82, 2.24) is 5.32 Å². The molecule has 0 saturated carbocycles. The molecule has 0 spiro atoms. The van der Waals surface area contributed by atoms with E-state index in [0.29, 0.717) is 32.0 Å². The van der Waals surface area contributed by atoms with Crippen LogP contribution in [0.15, 0.2) is 24.3 Å². The van der Waals surface area contributed by atoms with E-state index in [1.807, 2.05) is 24.3 Å². The van der Waals surface area contributed by atoms with E-state index in [1.54, 1.807) is 0 Å². The van der Waals surface area contributed by atoms with Gasteiger partial charge in [-0.25, -0.2) is 0 Å². The second-order valence-corrected chi connectivity index (χ2v) is 4.63. The highest BCUT2D eigenvalue weighted by molar-refractivity contribution is 5.76. The molecule has 1 amide bonds. The van der Waals surface area contributed by atoms with Gasteiger partial charge >= 0.3 is 0 Å². The first-order chi connectivity index (χ1) is 8.63. The van der Waals surface area contributed by atoms with Gasteiger partial charge in [-0.05, 0) is 12.0 Å². The smallest absolute Gasteiger partial charge is 0.221 e. The van der Waals surface area contributed by atoms with Crippen molar-refractivity contribution < 1.29 is 9.53 Å². The molecule has 3 N–H and O–H groups in total. The van der Waals surface area contributed by atoms with Crippen LogP contribution in [0.3, 0.4) is 0 Å². The molecule has 4 heteroatoms. The van der Waals surface area contributed by atoms with Crippen molar-refractivity contribution in [2.75, 3.05) is 13.2 Å². The fourth-order valence-electron chi connectivity index (χ4n) is 1.46. The second-order valence-electron chi connectivity index (χ2n) is 4.63. The summed E-state index contributed by atoms with van der Waals surface area (Å²) >= 11 is 0. The summed E-state index contributed by atoms with van der Waals surface area (Å²) in [7, 11) is 0. The fourth-order valence-corrected chi connectivity index (χ4v) is 1.46. The SMILES string of the molecule is CC(C)COc1ccccc1CNC(=O)CCN. The lowest BCUT2D eigenvalue weighted by molar-refractivity contribution is -0.121. The summed E-state index contributed by atoms with van der Waals surface area (Å²) in [5.74, 6) is 1.28. The van der Waals surface area contributed by atoms with Crippen LogP contribution in [0.25, 0.3) is 0 Å². The molecule has 0 aliphatic rings. The average molecular weight is 250 g/mol. The number of ether oxygens (including phenoxy) is 1. The monoisotopic (exact) mass is 250 g/mol. The lowest BCUT2D eigenvalue weighted by Gasteiger charge is -2.13. The van der Waals surface area contributed by atoms with Crippen LogP contribution in [0, 0.1) is 5.92 Å². The molecule has 0 aliphatic heterocycles. The molecule has 0 heterocycles. The Bertz CT molecular complexity index is 378. The molecule has 0 fully saturated rings. The topological polar surface area (TPSA) is 64.3 Å². The lowest BCUT2D eigenvalue weighted by atomic mass is 10.2. The minimum Gasteiger partial charge on any atom is -0.493 e. The minimum atomic E-state index is -0.0313. The number of nitrogens with two attached hydrogens (primary N) is 1. The molecule has 0 atom stereocenters. The van der Waals surface area contributed by atoms with E-state index in [0.717, 1.165) is 11.3 Å². The molecule has 4 nitrogen and oxygen atoms in total. The summed E-state index contributed by atoms with van der Waals surface area (Å²) < 4.78 is 5.71. The molecule has 0 saturated heterocycles. The summed E-state index contributed by atoms with van der Waals surface area (Å²) in [5.41, 5.74) is 6.31. The van der Waals surface area contributed by atoms with Crippen LogP contribution in [0.5, 0.6) is 5.75 Å². The summed E-state index contributed by atoms with van der Waals surface area (Å²) in [4.78, 5) is 11.4. The highest BCUT2D eigenvalue weighted by Gasteiger charge is 2.05. The van der Waals surface area contributed by atoms with Gasteiger partial charge in [0.05, 0.1) is 6.61 Å². The Balaban J connectivity index is 2.56. The fraction of sp³-hybridized carbons (Fsp3) is 0.500. The molecule has 1 aromatic rings. The van der Waals surface area contributed by atoms with Crippen LogP contribution in [-0.2, 0) is 11.3 Å². The highest BCUT2D eigenvalue weighted by atomic mass is 16.5. The van der Waals surface area contributed by atoms with Gasteiger partial charge in [0.2, 0.25) is 5.91 Å². The Morgan fingerprint density at radius 3 is 2.78 bits per heavy atom. The lowest BCUT2D eigenvalue weighted by Crippen LogP contribution is -2.25. The molecule has 0 aliphatic carbocycles. The van der Waals surface area contributed by atoms with Gasteiger partial charge in [0, 0.05) is 25.1 Å². The molecule has 0 unspecified atom stereocenters. The average Bonchev–Trinajstić information content (AvgIpc) is 2.35. The van der Waals surface area contributed by atoms with E-state index in [-0.39, 0.29) is 5.91 Å². The summed E-state index contributed by atoms with van der Waals surface area (Å²) in [6.45, 7) is 5.73. The Morgan fingerprint density at radius 1 is 1.39 bits per heavy atom. The van der Waals surface area contributed by atoms with E-state index >= 15 is 0 Å². The van der Waals surface area contributed by atoms with Crippen LogP contribution in [0.1, 0.15) is 25.8 Å². The first-order valence-corrected chi connectivity index (χ1v) is 6.31. The number of hydrogen-bond acceptors (Lipinski definition) is 3. The van der Waals surface area contributed by atoms with E-state index < -0.39 is 0 Å². The predicted octanol–water partition coefficient (Wildman–Crippen LogP) is 1.69. The zero-order valence-electron chi connectivity index (χ0n) is 11.1. The maximum atomic E-state index is 11.4. The van der Waals surface area contributed by atoms with Crippen molar-refractivity contribution in [3.63, 3.8) is 0 Å². The number of para-hydroxylation sites is 1. The van der Waals surface area contributed by atoms with Crippen molar-refractivity contribution in [1.29, 1.82) is 0 Å². The van der Waals surface area contributed by atoms with Crippen LogP contribution >= 0.6 is 0 Å². The first kappa shape index (κ1) is 14.5. The third-order valence-electron chi connectivity index (χ3n) is 2.39. The summed E-state index contributed by atoms with van der Waals surface area (Å²) in [6, 6.07) is 7.75. The summed E-state index contributed by atoms with van der Waals surface area (Å²) in [6.07, 6.45) is 0.356. The van der Waals surface area contributed by atoms with Crippen molar-refractivity contribution in [2.24, 2.45) is 11.7 Å². The number of carbonyl (C=O) groups excluding carboxylic acids is 1. The van der Waals surface area contributed by atoms with Gasteiger partial charge in [-0.2, -0.15) is 0 Å². The van der Waals surface area contributed by atoms with Crippen molar-refractivity contribution in [3.05, 3.63) is 29.8 Å². The van der Waals surface area contributed by atoms with Crippen LogP contribution < -0.4 is 15.8 Å². The number of carbonyl (C=O) groups is 1. The van der Waals surface area contributed by atoms with E-state index in [9.17, 15) is 4.79 Å². The molecule has 0 aromatic heterocycles.